The van der Waals surface area contributed by atoms with Gasteiger partial charge in [0.2, 0.25) is 0 Å². The van der Waals surface area contributed by atoms with Crippen molar-refractivity contribution >= 4 is 0 Å². The molecule has 0 saturated carbocycles. The molecule has 2 heterocycles. The van der Waals surface area contributed by atoms with Crippen LogP contribution < -0.4 is 0 Å². The molecule has 2 aliphatic heterocycles. The van der Waals surface area contributed by atoms with Gasteiger partial charge in [-0.1, -0.05) is 12.2 Å². The Balaban J connectivity index is 2.24. The second-order valence-corrected chi connectivity index (χ2v) is 6.09. The van der Waals surface area contributed by atoms with E-state index in [9.17, 15) is 5.11 Å². The smallest absolute Gasteiger partial charge is 0.164 e. The van der Waals surface area contributed by atoms with Gasteiger partial charge in [0.1, 0.15) is 30.5 Å². The van der Waals surface area contributed by atoms with E-state index in [1.165, 1.54) is 6.08 Å². The van der Waals surface area contributed by atoms with Gasteiger partial charge in [-0.15, -0.1) is 13.2 Å². The van der Waals surface area contributed by atoms with E-state index in [0.717, 1.165) is 0 Å². The summed E-state index contributed by atoms with van der Waals surface area (Å²) in [6, 6.07) is 0. The molecular formula is C15H24O5. The molecule has 0 bridgehead atoms. The SMILES string of the molecule is C=C[C@@H]1OC(C)(C)O[C@H]1[C@@H]1OC(C)(C)O[C@@H]1[C@@H](O)C=C. The van der Waals surface area contributed by atoms with Crippen LogP contribution in [0.25, 0.3) is 0 Å². The second kappa shape index (κ2) is 5.24. The molecule has 0 amide bonds. The molecule has 5 heteroatoms. The Labute approximate surface area is 120 Å². The van der Waals surface area contributed by atoms with E-state index in [0.29, 0.717) is 0 Å². The van der Waals surface area contributed by atoms with Crippen molar-refractivity contribution in [3.63, 3.8) is 0 Å². The molecule has 0 aromatic heterocycles. The van der Waals surface area contributed by atoms with Crippen LogP contribution in [0.4, 0.5) is 0 Å². The molecule has 0 radical (unpaired) electrons. The van der Waals surface area contributed by atoms with Crippen LogP contribution in [0.5, 0.6) is 0 Å². The van der Waals surface area contributed by atoms with Crippen molar-refractivity contribution in [2.45, 2.75) is 69.8 Å². The van der Waals surface area contributed by atoms with E-state index < -0.39 is 29.9 Å². The summed E-state index contributed by atoms with van der Waals surface area (Å²) in [6.07, 6.45) is 0.586. The van der Waals surface area contributed by atoms with Crippen molar-refractivity contribution in [2.75, 3.05) is 0 Å². The van der Waals surface area contributed by atoms with Crippen LogP contribution in [0.1, 0.15) is 27.7 Å². The van der Waals surface area contributed by atoms with Crippen LogP contribution in [0.15, 0.2) is 25.3 Å². The fourth-order valence-electron chi connectivity index (χ4n) is 2.72. The number of aliphatic hydroxyl groups is 1. The Morgan fingerprint density at radius 1 is 0.950 bits per heavy atom. The van der Waals surface area contributed by atoms with Crippen LogP contribution in [0.3, 0.4) is 0 Å². The first-order valence-electron chi connectivity index (χ1n) is 6.83. The molecule has 1 N–H and O–H groups in total. The first-order valence-corrected chi connectivity index (χ1v) is 6.83. The van der Waals surface area contributed by atoms with Crippen molar-refractivity contribution < 1.29 is 24.1 Å². The van der Waals surface area contributed by atoms with E-state index >= 15 is 0 Å². The summed E-state index contributed by atoms with van der Waals surface area (Å²) in [7, 11) is 0. The molecule has 2 aliphatic rings. The van der Waals surface area contributed by atoms with Gasteiger partial charge in [0.05, 0.1) is 0 Å². The van der Waals surface area contributed by atoms with E-state index in [4.69, 9.17) is 18.9 Å². The Morgan fingerprint density at radius 2 is 1.50 bits per heavy atom. The molecule has 2 rings (SSSR count). The third-order valence-electron chi connectivity index (χ3n) is 3.46. The number of rotatable bonds is 4. The monoisotopic (exact) mass is 284 g/mol. The Morgan fingerprint density at radius 3 is 2.05 bits per heavy atom. The van der Waals surface area contributed by atoms with E-state index in [1.54, 1.807) is 19.9 Å². The largest absolute Gasteiger partial charge is 0.386 e. The summed E-state index contributed by atoms with van der Waals surface area (Å²) >= 11 is 0. The minimum atomic E-state index is -0.834. The van der Waals surface area contributed by atoms with Crippen LogP contribution in [0, 0.1) is 0 Å². The van der Waals surface area contributed by atoms with Crippen molar-refractivity contribution in [2.24, 2.45) is 0 Å². The van der Waals surface area contributed by atoms with E-state index in [-0.39, 0.29) is 12.2 Å². The quantitative estimate of drug-likeness (QED) is 0.797. The fraction of sp³-hybridized carbons (Fsp3) is 0.733. The molecule has 2 fully saturated rings. The van der Waals surface area contributed by atoms with Gasteiger partial charge in [0.25, 0.3) is 0 Å². The van der Waals surface area contributed by atoms with Crippen molar-refractivity contribution in [3.8, 4) is 0 Å². The lowest BCUT2D eigenvalue weighted by Crippen LogP contribution is -2.45. The molecule has 2 saturated heterocycles. The topological polar surface area (TPSA) is 57.2 Å². The minimum Gasteiger partial charge on any atom is -0.386 e. The second-order valence-electron chi connectivity index (χ2n) is 6.09. The van der Waals surface area contributed by atoms with E-state index in [2.05, 4.69) is 13.2 Å². The van der Waals surface area contributed by atoms with Crippen molar-refractivity contribution in [1.82, 2.24) is 0 Å². The maximum Gasteiger partial charge on any atom is 0.164 e. The van der Waals surface area contributed by atoms with Gasteiger partial charge in [-0.05, 0) is 27.7 Å². The van der Waals surface area contributed by atoms with Crippen molar-refractivity contribution in [1.29, 1.82) is 0 Å². The van der Waals surface area contributed by atoms with Crippen LogP contribution >= 0.6 is 0 Å². The highest BCUT2D eigenvalue weighted by molar-refractivity contribution is 5.04. The maximum atomic E-state index is 10.1. The highest BCUT2D eigenvalue weighted by atomic mass is 16.8. The van der Waals surface area contributed by atoms with Crippen LogP contribution in [0.2, 0.25) is 0 Å². The van der Waals surface area contributed by atoms with Gasteiger partial charge in [0, 0.05) is 0 Å². The lowest BCUT2D eigenvalue weighted by molar-refractivity contribution is -0.175. The Kier molecular flexibility index (Phi) is 4.10. The molecule has 5 nitrogen and oxygen atoms in total. The zero-order chi connectivity index (χ0) is 15.1. The van der Waals surface area contributed by atoms with Crippen LogP contribution in [-0.2, 0) is 18.9 Å². The van der Waals surface area contributed by atoms with Gasteiger partial charge in [-0.2, -0.15) is 0 Å². The summed E-state index contributed by atoms with van der Waals surface area (Å²) in [5.41, 5.74) is 0. The molecule has 5 atom stereocenters. The minimum absolute atomic E-state index is 0.313. The molecule has 0 aromatic carbocycles. The molecule has 0 aromatic rings. The normalized spacial score (nSPS) is 40.5. The van der Waals surface area contributed by atoms with Crippen molar-refractivity contribution in [3.05, 3.63) is 25.3 Å². The summed E-state index contributed by atoms with van der Waals surface area (Å²) in [4.78, 5) is 0. The van der Waals surface area contributed by atoms with Gasteiger partial charge in [-0.25, -0.2) is 0 Å². The fourth-order valence-corrected chi connectivity index (χ4v) is 2.72. The predicted octanol–water partition coefficient (Wildman–Crippen LogP) is 1.76. The lowest BCUT2D eigenvalue weighted by atomic mass is 9.99. The summed E-state index contributed by atoms with van der Waals surface area (Å²) in [5.74, 6) is -1.51. The third-order valence-corrected chi connectivity index (χ3v) is 3.46. The van der Waals surface area contributed by atoms with Gasteiger partial charge in [-0.3, -0.25) is 0 Å². The predicted molar refractivity (Wildman–Crippen MR) is 74.1 cm³/mol. The Hall–Kier alpha value is -0.720. The third kappa shape index (κ3) is 2.97. The Bertz CT molecular complexity index is 390. The summed E-state index contributed by atoms with van der Waals surface area (Å²) in [5, 5.41) is 10.1. The number of hydrogen-bond acceptors (Lipinski definition) is 5. The molecule has 114 valence electrons. The standard InChI is InChI=1S/C15H24O5/c1-7-9(16)11-13(20-15(5,6)18-11)12-10(8-2)17-14(3,4)19-12/h7-13,16H,1-2H2,3-6H3/t9-,10-,11+,12+,13+/m0/s1. The highest BCUT2D eigenvalue weighted by Gasteiger charge is 2.54. The molecule has 0 aliphatic carbocycles. The average molecular weight is 284 g/mol. The van der Waals surface area contributed by atoms with E-state index in [1.807, 2.05) is 13.8 Å². The number of aliphatic hydroxyl groups excluding tert-OH is 1. The summed E-state index contributed by atoms with van der Waals surface area (Å²) in [6.45, 7) is 14.7. The molecule has 0 spiro atoms. The first-order chi connectivity index (χ1) is 9.19. The molecule has 20 heavy (non-hydrogen) atoms. The maximum absolute atomic E-state index is 10.1. The lowest BCUT2D eigenvalue weighted by Gasteiger charge is -2.26. The van der Waals surface area contributed by atoms with Crippen LogP contribution in [-0.4, -0.2) is 47.2 Å². The first kappa shape index (κ1) is 15.7. The zero-order valence-corrected chi connectivity index (χ0v) is 12.5. The molecule has 0 unspecified atom stereocenters. The van der Waals surface area contributed by atoms with Gasteiger partial charge >= 0.3 is 0 Å². The highest BCUT2D eigenvalue weighted by Crippen LogP contribution is 2.39. The van der Waals surface area contributed by atoms with Gasteiger partial charge in [0.15, 0.2) is 11.6 Å². The average Bonchev–Trinajstić information content (AvgIpc) is 2.84. The number of hydrogen-bond donors (Lipinski definition) is 1. The van der Waals surface area contributed by atoms with Gasteiger partial charge < -0.3 is 24.1 Å². The molecular weight excluding hydrogens is 260 g/mol. The zero-order valence-electron chi connectivity index (χ0n) is 12.5. The summed E-state index contributed by atoms with van der Waals surface area (Å²) < 4.78 is 23.4. The number of ether oxygens (including phenoxy) is 4.